The van der Waals surface area contributed by atoms with Crippen LogP contribution in [0.4, 0.5) is 0 Å². The summed E-state index contributed by atoms with van der Waals surface area (Å²) in [5.74, 6) is 3.01. The van der Waals surface area contributed by atoms with Crippen molar-refractivity contribution in [1.29, 1.82) is 0 Å². The summed E-state index contributed by atoms with van der Waals surface area (Å²) >= 11 is 0. The highest BCUT2D eigenvalue weighted by Crippen LogP contribution is 2.32. The van der Waals surface area contributed by atoms with E-state index >= 15 is 0 Å². The van der Waals surface area contributed by atoms with Gasteiger partial charge in [-0.2, -0.15) is 0 Å². The van der Waals surface area contributed by atoms with Crippen molar-refractivity contribution in [3.63, 3.8) is 0 Å². The Morgan fingerprint density at radius 3 is 2.45 bits per heavy atom. The molecule has 0 aromatic heterocycles. The van der Waals surface area contributed by atoms with Crippen molar-refractivity contribution in [2.24, 2.45) is 11.8 Å². The number of amides is 1. The van der Waals surface area contributed by atoms with Gasteiger partial charge in [0.25, 0.3) is 5.91 Å². The van der Waals surface area contributed by atoms with Crippen LogP contribution >= 0.6 is 0 Å². The predicted octanol–water partition coefficient (Wildman–Crippen LogP) is 1.53. The molecule has 1 aromatic rings. The van der Waals surface area contributed by atoms with Crippen LogP contribution in [0.3, 0.4) is 0 Å². The molecule has 118 valence electrons. The van der Waals surface area contributed by atoms with Gasteiger partial charge in [0, 0.05) is 18.7 Å². The lowest BCUT2D eigenvalue weighted by atomic mass is 9.92. The van der Waals surface area contributed by atoms with Crippen LogP contribution in [0.15, 0.2) is 18.2 Å². The van der Waals surface area contributed by atoms with E-state index in [0.717, 1.165) is 56.6 Å². The van der Waals surface area contributed by atoms with E-state index in [4.69, 9.17) is 9.47 Å². The lowest BCUT2D eigenvalue weighted by Gasteiger charge is -2.23. The molecule has 22 heavy (non-hydrogen) atoms. The van der Waals surface area contributed by atoms with Crippen molar-refractivity contribution in [3.8, 4) is 11.5 Å². The molecule has 1 amide bonds. The van der Waals surface area contributed by atoms with E-state index in [1.165, 1.54) is 0 Å². The molecule has 3 heterocycles. The van der Waals surface area contributed by atoms with Gasteiger partial charge in [-0.3, -0.25) is 4.79 Å². The molecule has 5 heteroatoms. The van der Waals surface area contributed by atoms with Gasteiger partial charge in [-0.15, -0.1) is 0 Å². The third kappa shape index (κ3) is 2.54. The largest absolute Gasteiger partial charge is 0.486 e. The third-order valence-electron chi connectivity index (χ3n) is 5.10. The number of nitrogens with one attached hydrogen (secondary N) is 1. The molecule has 3 aliphatic rings. The Bertz CT molecular complexity index is 561. The zero-order valence-corrected chi connectivity index (χ0v) is 12.7. The summed E-state index contributed by atoms with van der Waals surface area (Å²) in [4.78, 5) is 14.8. The zero-order chi connectivity index (χ0) is 14.9. The number of likely N-dealkylation sites (tertiary alicyclic amines) is 1. The smallest absolute Gasteiger partial charge is 0.253 e. The SMILES string of the molecule is O=C(c1ccc2c(c1)OCCO2)N1CC[C@@H]2CNC[C@@H]2CC1. The number of carbonyl (C=O) groups excluding carboxylic acids is 1. The van der Waals surface area contributed by atoms with Crippen LogP contribution in [-0.4, -0.2) is 50.2 Å². The van der Waals surface area contributed by atoms with E-state index in [0.29, 0.717) is 24.5 Å². The number of fused-ring (bicyclic) bond motifs is 2. The number of nitrogens with zero attached hydrogens (tertiary/aromatic N) is 1. The van der Waals surface area contributed by atoms with E-state index in [1.807, 2.05) is 23.1 Å². The highest BCUT2D eigenvalue weighted by molar-refractivity contribution is 5.95. The van der Waals surface area contributed by atoms with Crippen LogP contribution in [0.5, 0.6) is 11.5 Å². The Kier molecular flexibility index (Phi) is 3.66. The van der Waals surface area contributed by atoms with Crippen molar-refractivity contribution in [1.82, 2.24) is 10.2 Å². The van der Waals surface area contributed by atoms with Crippen molar-refractivity contribution in [3.05, 3.63) is 23.8 Å². The first-order chi connectivity index (χ1) is 10.8. The lowest BCUT2D eigenvalue weighted by Crippen LogP contribution is -2.32. The Morgan fingerprint density at radius 2 is 1.73 bits per heavy atom. The molecule has 3 aliphatic heterocycles. The van der Waals surface area contributed by atoms with Gasteiger partial charge in [-0.1, -0.05) is 0 Å². The normalized spacial score (nSPS) is 27.2. The molecule has 0 radical (unpaired) electrons. The summed E-state index contributed by atoms with van der Waals surface area (Å²) in [5.41, 5.74) is 0.703. The third-order valence-corrected chi connectivity index (χ3v) is 5.10. The van der Waals surface area contributed by atoms with Crippen LogP contribution in [-0.2, 0) is 0 Å². The minimum Gasteiger partial charge on any atom is -0.486 e. The molecule has 0 unspecified atom stereocenters. The molecule has 2 fully saturated rings. The molecule has 1 N–H and O–H groups in total. The van der Waals surface area contributed by atoms with Gasteiger partial charge < -0.3 is 19.7 Å². The maximum Gasteiger partial charge on any atom is 0.253 e. The van der Waals surface area contributed by atoms with Crippen LogP contribution in [0, 0.1) is 11.8 Å². The van der Waals surface area contributed by atoms with Gasteiger partial charge in [0.1, 0.15) is 13.2 Å². The van der Waals surface area contributed by atoms with Crippen LogP contribution in [0.25, 0.3) is 0 Å². The minimum absolute atomic E-state index is 0.116. The molecular formula is C17H22N2O3. The van der Waals surface area contributed by atoms with Gasteiger partial charge in [-0.05, 0) is 56.0 Å². The standard InChI is InChI=1S/C17H22N2O3/c20-17(12-1-2-15-16(9-12)22-8-7-21-15)19-5-3-13-10-18-11-14(13)4-6-19/h1-2,9,13-14,18H,3-8,10-11H2/t13-,14+. The summed E-state index contributed by atoms with van der Waals surface area (Å²) in [7, 11) is 0. The van der Waals surface area contributed by atoms with Crippen LogP contribution in [0.2, 0.25) is 0 Å². The highest BCUT2D eigenvalue weighted by atomic mass is 16.6. The average molecular weight is 302 g/mol. The lowest BCUT2D eigenvalue weighted by molar-refractivity contribution is 0.0757. The Balaban J connectivity index is 1.49. The van der Waals surface area contributed by atoms with Gasteiger partial charge >= 0.3 is 0 Å². The average Bonchev–Trinajstić information content (AvgIpc) is 2.92. The molecule has 0 aliphatic carbocycles. The summed E-state index contributed by atoms with van der Waals surface area (Å²) in [6.45, 7) is 5.05. The predicted molar refractivity (Wildman–Crippen MR) is 82.4 cm³/mol. The maximum absolute atomic E-state index is 12.8. The van der Waals surface area contributed by atoms with Gasteiger partial charge in [0.2, 0.25) is 0 Å². The van der Waals surface area contributed by atoms with Crippen molar-refractivity contribution >= 4 is 5.91 Å². The first kappa shape index (κ1) is 13.9. The second kappa shape index (κ2) is 5.80. The first-order valence-electron chi connectivity index (χ1n) is 8.21. The van der Waals surface area contributed by atoms with Crippen molar-refractivity contribution in [2.75, 3.05) is 39.4 Å². The first-order valence-corrected chi connectivity index (χ1v) is 8.21. The summed E-state index contributed by atoms with van der Waals surface area (Å²) < 4.78 is 11.1. The summed E-state index contributed by atoms with van der Waals surface area (Å²) in [6.07, 6.45) is 2.21. The van der Waals surface area contributed by atoms with E-state index < -0.39 is 0 Å². The monoisotopic (exact) mass is 302 g/mol. The number of rotatable bonds is 1. The van der Waals surface area contributed by atoms with E-state index in [-0.39, 0.29) is 5.91 Å². The second-order valence-corrected chi connectivity index (χ2v) is 6.41. The highest BCUT2D eigenvalue weighted by Gasteiger charge is 2.31. The molecule has 2 atom stereocenters. The number of hydrogen-bond acceptors (Lipinski definition) is 4. The fourth-order valence-electron chi connectivity index (χ4n) is 3.78. The molecule has 0 saturated carbocycles. The minimum atomic E-state index is 0.116. The molecule has 1 aromatic carbocycles. The maximum atomic E-state index is 12.8. The van der Waals surface area contributed by atoms with E-state index in [1.54, 1.807) is 0 Å². The van der Waals surface area contributed by atoms with Gasteiger partial charge in [-0.25, -0.2) is 0 Å². The second-order valence-electron chi connectivity index (χ2n) is 6.41. The summed E-state index contributed by atoms with van der Waals surface area (Å²) in [6, 6.07) is 5.52. The van der Waals surface area contributed by atoms with E-state index in [2.05, 4.69) is 5.32 Å². The fourth-order valence-corrected chi connectivity index (χ4v) is 3.78. The van der Waals surface area contributed by atoms with Gasteiger partial charge in [0.15, 0.2) is 11.5 Å². The molecule has 2 saturated heterocycles. The Morgan fingerprint density at radius 1 is 1.05 bits per heavy atom. The Labute approximate surface area is 130 Å². The van der Waals surface area contributed by atoms with Crippen LogP contribution in [0.1, 0.15) is 23.2 Å². The molecular weight excluding hydrogens is 280 g/mol. The quantitative estimate of drug-likeness (QED) is 0.855. The molecule has 0 bridgehead atoms. The number of carbonyl (C=O) groups is 1. The number of ether oxygens (including phenoxy) is 2. The summed E-state index contributed by atoms with van der Waals surface area (Å²) in [5, 5.41) is 3.47. The number of benzene rings is 1. The van der Waals surface area contributed by atoms with E-state index in [9.17, 15) is 4.79 Å². The Hall–Kier alpha value is -1.75. The molecule has 0 spiro atoms. The topological polar surface area (TPSA) is 50.8 Å². The van der Waals surface area contributed by atoms with Crippen molar-refractivity contribution in [2.45, 2.75) is 12.8 Å². The zero-order valence-electron chi connectivity index (χ0n) is 12.7. The van der Waals surface area contributed by atoms with Gasteiger partial charge in [0.05, 0.1) is 0 Å². The van der Waals surface area contributed by atoms with Crippen molar-refractivity contribution < 1.29 is 14.3 Å². The molecule has 4 rings (SSSR count). The molecule has 5 nitrogen and oxygen atoms in total. The fraction of sp³-hybridized carbons (Fsp3) is 0.588. The van der Waals surface area contributed by atoms with Crippen LogP contribution < -0.4 is 14.8 Å². The number of hydrogen-bond donors (Lipinski definition) is 1.